The Bertz CT molecular complexity index is 1160. The van der Waals surface area contributed by atoms with Crippen LogP contribution in [-0.2, 0) is 18.3 Å². The molecule has 2 aromatic heterocycles. The molecule has 0 saturated heterocycles. The van der Waals surface area contributed by atoms with Gasteiger partial charge in [-0.25, -0.2) is 14.6 Å². The van der Waals surface area contributed by atoms with Crippen molar-refractivity contribution in [1.29, 1.82) is 0 Å². The highest BCUT2D eigenvalue weighted by Gasteiger charge is 2.21. The summed E-state index contributed by atoms with van der Waals surface area (Å²) in [5.41, 5.74) is 1.62. The van der Waals surface area contributed by atoms with E-state index in [9.17, 15) is 14.4 Å². The van der Waals surface area contributed by atoms with Crippen molar-refractivity contribution in [3.8, 4) is 0 Å². The second-order valence-electron chi connectivity index (χ2n) is 6.39. The number of aryl methyl sites for hydroxylation is 3. The van der Waals surface area contributed by atoms with Crippen LogP contribution in [0.15, 0.2) is 39.9 Å². The number of carbonyl (C=O) groups is 1. The van der Waals surface area contributed by atoms with Crippen molar-refractivity contribution in [2.24, 2.45) is 7.05 Å². The van der Waals surface area contributed by atoms with Crippen LogP contribution in [0, 0.1) is 13.8 Å². The maximum atomic E-state index is 13.2. The van der Waals surface area contributed by atoms with Crippen LogP contribution in [0.25, 0.3) is 11.0 Å². The maximum Gasteiger partial charge on any atom is 0.339 e. The lowest BCUT2D eigenvalue weighted by atomic mass is 10.1. The summed E-state index contributed by atoms with van der Waals surface area (Å²) in [5.74, 6) is -0.605. The number of esters is 1. The van der Waals surface area contributed by atoms with Crippen molar-refractivity contribution in [3.63, 3.8) is 0 Å². The molecule has 0 amide bonds. The quantitative estimate of drug-likeness (QED) is 0.658. The molecule has 0 spiro atoms. The smallest absolute Gasteiger partial charge is 0.339 e. The number of nitrogens with zero attached hydrogens (tertiary/aromatic N) is 3. The molecule has 2 heterocycles. The summed E-state index contributed by atoms with van der Waals surface area (Å²) in [6.45, 7) is 5.61. The Morgan fingerprint density at radius 1 is 1.19 bits per heavy atom. The molecule has 0 unspecified atom stereocenters. The second kappa shape index (κ2) is 7.19. The Labute approximate surface area is 155 Å². The fourth-order valence-corrected chi connectivity index (χ4v) is 3.07. The summed E-state index contributed by atoms with van der Waals surface area (Å²) in [6.07, 6.45) is 0. The fraction of sp³-hybridized carbons (Fsp3) is 0.300. The first-order chi connectivity index (χ1) is 12.8. The molecule has 0 aliphatic rings. The molecule has 3 rings (SSSR count). The predicted octanol–water partition coefficient (Wildman–Crippen LogP) is 1.94. The van der Waals surface area contributed by atoms with Crippen LogP contribution >= 0.6 is 0 Å². The van der Waals surface area contributed by atoms with Crippen LogP contribution in [0.3, 0.4) is 0 Å². The normalized spacial score (nSPS) is 11.0. The molecule has 3 aromatic rings. The zero-order chi connectivity index (χ0) is 19.7. The molecule has 0 fully saturated rings. The summed E-state index contributed by atoms with van der Waals surface area (Å²) in [7, 11) is 1.54. The highest BCUT2D eigenvalue weighted by Crippen LogP contribution is 2.15. The molecule has 1 aromatic carbocycles. The largest absolute Gasteiger partial charge is 0.462 e. The van der Waals surface area contributed by atoms with Crippen molar-refractivity contribution >= 4 is 17.0 Å². The Balaban J connectivity index is 2.34. The van der Waals surface area contributed by atoms with E-state index in [1.54, 1.807) is 20.9 Å². The first kappa shape index (κ1) is 18.6. The monoisotopic (exact) mass is 367 g/mol. The molecular formula is C20H21N3O4. The van der Waals surface area contributed by atoms with Gasteiger partial charge in [0, 0.05) is 12.7 Å². The first-order valence-electron chi connectivity index (χ1n) is 8.68. The van der Waals surface area contributed by atoms with E-state index in [1.807, 2.05) is 31.2 Å². The molecule has 0 radical (unpaired) electrons. The number of ether oxygens (including phenoxy) is 1. The molecule has 140 valence electrons. The van der Waals surface area contributed by atoms with Crippen molar-refractivity contribution in [2.45, 2.75) is 27.3 Å². The van der Waals surface area contributed by atoms with Gasteiger partial charge in [-0.2, -0.15) is 0 Å². The zero-order valence-electron chi connectivity index (χ0n) is 15.8. The summed E-state index contributed by atoms with van der Waals surface area (Å²) in [4.78, 5) is 42.7. The van der Waals surface area contributed by atoms with Crippen molar-refractivity contribution in [3.05, 3.63) is 73.6 Å². The number of pyridine rings is 1. The number of hydrogen-bond donors (Lipinski definition) is 0. The average Bonchev–Trinajstić information content (AvgIpc) is 2.64. The van der Waals surface area contributed by atoms with Crippen LogP contribution in [0.1, 0.15) is 34.1 Å². The van der Waals surface area contributed by atoms with Crippen LogP contribution in [-0.4, -0.2) is 26.7 Å². The molecule has 0 N–H and O–H groups in total. The van der Waals surface area contributed by atoms with Gasteiger partial charge in [0.25, 0.3) is 5.56 Å². The minimum absolute atomic E-state index is 0.0923. The zero-order valence-corrected chi connectivity index (χ0v) is 15.8. The van der Waals surface area contributed by atoms with Gasteiger partial charge in [-0.15, -0.1) is 0 Å². The molecule has 0 atom stereocenters. The Kier molecular flexibility index (Phi) is 4.94. The minimum atomic E-state index is -0.605. The van der Waals surface area contributed by atoms with Crippen LogP contribution in [0.4, 0.5) is 0 Å². The Hall–Kier alpha value is -3.22. The van der Waals surface area contributed by atoms with Gasteiger partial charge in [0.2, 0.25) is 0 Å². The van der Waals surface area contributed by atoms with Crippen molar-refractivity contribution < 1.29 is 9.53 Å². The summed E-state index contributed by atoms with van der Waals surface area (Å²) in [5, 5.41) is 0.0923. The molecule has 27 heavy (non-hydrogen) atoms. The highest BCUT2D eigenvalue weighted by atomic mass is 16.5. The van der Waals surface area contributed by atoms with E-state index in [1.165, 1.54) is 10.6 Å². The van der Waals surface area contributed by atoms with Crippen LogP contribution < -0.4 is 11.2 Å². The van der Waals surface area contributed by atoms with Gasteiger partial charge in [-0.1, -0.05) is 24.3 Å². The SMILES string of the molecule is CCOC(=O)c1cc(C)nc2c1c(=O)n(Cc1ccccc1C)c(=O)n2C. The first-order valence-corrected chi connectivity index (χ1v) is 8.68. The van der Waals surface area contributed by atoms with Gasteiger partial charge in [-0.3, -0.25) is 13.9 Å². The van der Waals surface area contributed by atoms with E-state index in [2.05, 4.69) is 4.98 Å². The predicted molar refractivity (Wildman–Crippen MR) is 102 cm³/mol. The fourth-order valence-electron chi connectivity index (χ4n) is 3.07. The molecule has 0 bridgehead atoms. The van der Waals surface area contributed by atoms with E-state index in [0.717, 1.165) is 15.7 Å². The van der Waals surface area contributed by atoms with Crippen LogP contribution in [0.5, 0.6) is 0 Å². The third-order valence-electron chi connectivity index (χ3n) is 4.51. The van der Waals surface area contributed by atoms with E-state index >= 15 is 0 Å². The van der Waals surface area contributed by atoms with E-state index in [-0.39, 0.29) is 29.7 Å². The highest BCUT2D eigenvalue weighted by molar-refractivity contribution is 6.02. The lowest BCUT2D eigenvalue weighted by Gasteiger charge is -2.14. The van der Waals surface area contributed by atoms with Gasteiger partial charge in [0.15, 0.2) is 0 Å². The average molecular weight is 367 g/mol. The van der Waals surface area contributed by atoms with Crippen LogP contribution in [0.2, 0.25) is 0 Å². The van der Waals surface area contributed by atoms with Gasteiger partial charge < -0.3 is 4.74 Å². The third kappa shape index (κ3) is 3.28. The van der Waals surface area contributed by atoms with Crippen molar-refractivity contribution in [1.82, 2.24) is 14.1 Å². The molecule has 7 nitrogen and oxygen atoms in total. The molecular weight excluding hydrogens is 346 g/mol. The molecule has 0 saturated carbocycles. The van der Waals surface area contributed by atoms with E-state index in [4.69, 9.17) is 4.74 Å². The number of hydrogen-bond acceptors (Lipinski definition) is 5. The number of rotatable bonds is 4. The Morgan fingerprint density at radius 3 is 2.56 bits per heavy atom. The second-order valence-corrected chi connectivity index (χ2v) is 6.39. The Morgan fingerprint density at radius 2 is 1.89 bits per heavy atom. The third-order valence-corrected chi connectivity index (χ3v) is 4.51. The lowest BCUT2D eigenvalue weighted by Crippen LogP contribution is -2.40. The minimum Gasteiger partial charge on any atom is -0.462 e. The number of aromatic nitrogens is 3. The van der Waals surface area contributed by atoms with Crippen molar-refractivity contribution in [2.75, 3.05) is 6.61 Å². The lowest BCUT2D eigenvalue weighted by molar-refractivity contribution is 0.0528. The maximum absolute atomic E-state index is 13.2. The van der Waals surface area contributed by atoms with E-state index < -0.39 is 17.2 Å². The van der Waals surface area contributed by atoms with Gasteiger partial charge in [0.05, 0.1) is 24.1 Å². The molecule has 7 heteroatoms. The van der Waals surface area contributed by atoms with Gasteiger partial charge in [0.1, 0.15) is 5.65 Å². The molecule has 0 aliphatic carbocycles. The summed E-state index contributed by atoms with van der Waals surface area (Å²) >= 11 is 0. The van der Waals surface area contributed by atoms with E-state index in [0.29, 0.717) is 5.69 Å². The topological polar surface area (TPSA) is 83.2 Å². The number of benzene rings is 1. The number of fused-ring (bicyclic) bond motifs is 1. The summed E-state index contributed by atoms with van der Waals surface area (Å²) < 4.78 is 7.52. The summed E-state index contributed by atoms with van der Waals surface area (Å²) in [6, 6.07) is 9.05. The standard InChI is InChI=1S/C20H21N3O4/c1-5-27-19(25)15-10-13(3)21-17-16(15)18(24)23(20(26)22(17)4)11-14-9-7-6-8-12(14)2/h6-10H,5,11H2,1-4H3. The number of carbonyl (C=O) groups excluding carboxylic acids is 1. The van der Waals surface area contributed by atoms with Gasteiger partial charge in [-0.05, 0) is 38.0 Å². The molecule has 0 aliphatic heterocycles. The van der Waals surface area contributed by atoms with Gasteiger partial charge >= 0.3 is 11.7 Å².